The molecule has 1 saturated carbocycles. The average molecular weight is 464 g/mol. The highest BCUT2D eigenvalue weighted by Crippen LogP contribution is 2.46. The largest absolute Gasteiger partial charge is 0.436 e. The van der Waals surface area contributed by atoms with Gasteiger partial charge in [-0.3, -0.25) is 9.48 Å². The van der Waals surface area contributed by atoms with Gasteiger partial charge in [0.1, 0.15) is 5.01 Å². The number of alkyl halides is 3. The predicted octanol–water partition coefficient (Wildman–Crippen LogP) is 6.00. The molecule has 0 spiro atoms. The summed E-state index contributed by atoms with van der Waals surface area (Å²) < 4.78 is 40.6. The zero-order valence-electron chi connectivity index (χ0n) is 16.9. The Kier molecular flexibility index (Phi) is 7.38. The van der Waals surface area contributed by atoms with Crippen LogP contribution in [0.2, 0.25) is 5.02 Å². The van der Waals surface area contributed by atoms with Gasteiger partial charge in [-0.25, -0.2) is 0 Å². The lowest BCUT2D eigenvalue weighted by molar-refractivity contribution is -0.141. The van der Waals surface area contributed by atoms with Crippen LogP contribution >= 0.6 is 22.9 Å². The van der Waals surface area contributed by atoms with E-state index in [0.29, 0.717) is 16.7 Å². The lowest BCUT2D eigenvalue weighted by Gasteiger charge is -2.09. The van der Waals surface area contributed by atoms with Gasteiger partial charge in [-0.2, -0.15) is 18.3 Å². The van der Waals surface area contributed by atoms with Crippen LogP contribution < -0.4 is 5.32 Å². The van der Waals surface area contributed by atoms with Crippen LogP contribution in [0.1, 0.15) is 87.0 Å². The summed E-state index contributed by atoms with van der Waals surface area (Å²) in [4.78, 5) is 12.3. The van der Waals surface area contributed by atoms with Crippen LogP contribution in [-0.4, -0.2) is 25.9 Å². The lowest BCUT2D eigenvalue weighted by Crippen LogP contribution is -2.16. The summed E-state index contributed by atoms with van der Waals surface area (Å²) in [5, 5.41) is 15.5. The second-order valence-electron chi connectivity index (χ2n) is 7.53. The van der Waals surface area contributed by atoms with Crippen LogP contribution in [0.5, 0.6) is 0 Å². The first kappa shape index (κ1) is 23.0. The number of aryl methyl sites for hydroxylation is 1. The fourth-order valence-corrected chi connectivity index (χ4v) is 4.72. The third-order valence-electron chi connectivity index (χ3n) is 5.15. The molecule has 0 radical (unpaired) electrons. The Morgan fingerprint density at radius 3 is 2.67 bits per heavy atom. The first-order chi connectivity index (χ1) is 14.2. The van der Waals surface area contributed by atoms with E-state index in [1.54, 1.807) is 0 Å². The summed E-state index contributed by atoms with van der Waals surface area (Å²) in [6.07, 6.45) is 1.10. The van der Waals surface area contributed by atoms with Crippen molar-refractivity contribution < 1.29 is 18.0 Å². The van der Waals surface area contributed by atoms with Crippen molar-refractivity contribution in [3.8, 4) is 0 Å². The molecule has 1 aliphatic rings. The molecule has 1 N–H and O–H groups in total. The number of halogens is 4. The van der Waals surface area contributed by atoms with E-state index in [4.69, 9.17) is 11.6 Å². The predicted molar refractivity (Wildman–Crippen MR) is 110 cm³/mol. The third-order valence-corrected chi connectivity index (χ3v) is 6.52. The molecule has 11 heteroatoms. The summed E-state index contributed by atoms with van der Waals surface area (Å²) in [5.41, 5.74) is -0.713. The standard InChI is InChI=1S/C19H25ClF3N5OS/c1-3-5-6-11(4-2)17-25-26-18(30-17)24-13(29)9-10-28-15(12-7-8-12)14(20)16(27-28)19(21,22)23/h11-12H,3-10H2,1-2H3,(H,24,26,29)/t11-/m0/s1. The number of amides is 1. The summed E-state index contributed by atoms with van der Waals surface area (Å²) in [5.74, 6) is -0.0496. The minimum atomic E-state index is -4.62. The molecule has 0 saturated heterocycles. The molecule has 166 valence electrons. The Morgan fingerprint density at radius 1 is 1.33 bits per heavy atom. The van der Waals surface area contributed by atoms with Crippen molar-refractivity contribution >= 4 is 34.0 Å². The fraction of sp³-hybridized carbons (Fsp3) is 0.684. The number of carbonyl (C=O) groups excluding carboxylic acids is 1. The Hall–Kier alpha value is -1.68. The van der Waals surface area contributed by atoms with E-state index in [1.165, 1.54) is 16.0 Å². The number of nitrogens with zero attached hydrogens (tertiary/aromatic N) is 4. The average Bonchev–Trinajstić information content (AvgIpc) is 3.31. The molecule has 0 aromatic carbocycles. The van der Waals surface area contributed by atoms with Gasteiger partial charge in [0.15, 0.2) is 5.69 Å². The smallest absolute Gasteiger partial charge is 0.300 e. The molecule has 30 heavy (non-hydrogen) atoms. The van der Waals surface area contributed by atoms with Crippen LogP contribution in [0, 0.1) is 0 Å². The fourth-order valence-electron chi connectivity index (χ4n) is 3.34. The lowest BCUT2D eigenvalue weighted by atomic mass is 10.0. The van der Waals surface area contributed by atoms with E-state index >= 15 is 0 Å². The Balaban J connectivity index is 1.62. The first-order valence-electron chi connectivity index (χ1n) is 10.2. The molecule has 1 fully saturated rings. The summed E-state index contributed by atoms with van der Waals surface area (Å²) in [6.45, 7) is 4.26. The van der Waals surface area contributed by atoms with Gasteiger partial charge in [-0.1, -0.05) is 49.6 Å². The topological polar surface area (TPSA) is 72.7 Å². The molecule has 0 aliphatic heterocycles. The Bertz CT molecular complexity index is 878. The number of nitrogens with one attached hydrogen (secondary N) is 1. The van der Waals surface area contributed by atoms with Crippen LogP contribution in [0.25, 0.3) is 0 Å². The van der Waals surface area contributed by atoms with E-state index in [1.807, 2.05) is 0 Å². The monoisotopic (exact) mass is 463 g/mol. The van der Waals surface area contributed by atoms with Gasteiger partial charge in [-0.05, 0) is 25.7 Å². The van der Waals surface area contributed by atoms with Crippen LogP contribution in [0.15, 0.2) is 0 Å². The van der Waals surface area contributed by atoms with E-state index in [9.17, 15) is 18.0 Å². The first-order valence-corrected chi connectivity index (χ1v) is 11.4. The Morgan fingerprint density at radius 2 is 2.07 bits per heavy atom. The van der Waals surface area contributed by atoms with Crippen molar-refractivity contribution in [2.75, 3.05) is 5.32 Å². The van der Waals surface area contributed by atoms with Gasteiger partial charge in [-0.15, -0.1) is 10.2 Å². The molecule has 1 amide bonds. The highest BCUT2D eigenvalue weighted by atomic mass is 35.5. The van der Waals surface area contributed by atoms with E-state index < -0.39 is 11.9 Å². The van der Waals surface area contributed by atoms with Gasteiger partial charge >= 0.3 is 6.18 Å². The number of hydrogen-bond donors (Lipinski definition) is 1. The van der Waals surface area contributed by atoms with E-state index in [2.05, 4.69) is 34.5 Å². The van der Waals surface area contributed by atoms with Crippen LogP contribution in [-0.2, 0) is 17.5 Å². The van der Waals surface area contributed by atoms with Gasteiger partial charge < -0.3 is 5.32 Å². The maximum absolute atomic E-state index is 13.1. The summed E-state index contributed by atoms with van der Waals surface area (Å²) in [6, 6.07) is 0. The number of carbonyl (C=O) groups is 1. The van der Waals surface area contributed by atoms with Crippen molar-refractivity contribution in [3.63, 3.8) is 0 Å². The maximum Gasteiger partial charge on any atom is 0.436 e. The zero-order chi connectivity index (χ0) is 21.9. The van der Waals surface area contributed by atoms with Crippen molar-refractivity contribution in [2.45, 2.75) is 83.4 Å². The molecular weight excluding hydrogens is 439 g/mol. The molecule has 0 unspecified atom stereocenters. The molecule has 3 rings (SSSR count). The second kappa shape index (κ2) is 9.64. The molecule has 0 bridgehead atoms. The molecular formula is C19H25ClF3N5OS. The zero-order valence-corrected chi connectivity index (χ0v) is 18.5. The maximum atomic E-state index is 13.1. The molecule has 2 aromatic rings. The number of hydrogen-bond acceptors (Lipinski definition) is 5. The van der Waals surface area contributed by atoms with Gasteiger partial charge in [0.25, 0.3) is 0 Å². The van der Waals surface area contributed by atoms with Gasteiger partial charge in [0.2, 0.25) is 11.0 Å². The van der Waals surface area contributed by atoms with Gasteiger partial charge in [0.05, 0.1) is 17.3 Å². The number of unbranched alkanes of at least 4 members (excludes halogenated alkanes) is 1. The van der Waals surface area contributed by atoms with Crippen molar-refractivity contribution in [2.24, 2.45) is 0 Å². The van der Waals surface area contributed by atoms with Crippen LogP contribution in [0.3, 0.4) is 0 Å². The second-order valence-corrected chi connectivity index (χ2v) is 8.92. The van der Waals surface area contributed by atoms with Crippen molar-refractivity contribution in [1.82, 2.24) is 20.0 Å². The van der Waals surface area contributed by atoms with Gasteiger partial charge in [0, 0.05) is 18.3 Å². The normalized spacial score (nSPS) is 15.4. The minimum Gasteiger partial charge on any atom is -0.300 e. The molecule has 1 atom stereocenters. The summed E-state index contributed by atoms with van der Waals surface area (Å²) in [7, 11) is 0. The minimum absolute atomic E-state index is 0.0210. The van der Waals surface area contributed by atoms with Crippen molar-refractivity contribution in [1.29, 1.82) is 0 Å². The van der Waals surface area contributed by atoms with Crippen molar-refractivity contribution in [3.05, 3.63) is 21.4 Å². The molecule has 2 aromatic heterocycles. The van der Waals surface area contributed by atoms with Crippen LogP contribution in [0.4, 0.5) is 18.3 Å². The highest BCUT2D eigenvalue weighted by Gasteiger charge is 2.42. The molecule has 6 nitrogen and oxygen atoms in total. The highest BCUT2D eigenvalue weighted by molar-refractivity contribution is 7.15. The number of anilines is 1. The summed E-state index contributed by atoms with van der Waals surface area (Å²) >= 11 is 7.30. The molecule has 1 aliphatic carbocycles. The number of rotatable bonds is 10. The Labute approximate surface area is 182 Å². The SMILES string of the molecule is CCCC[C@H](CC)c1nnc(NC(=O)CCn2nc(C(F)(F)F)c(Cl)c2C2CC2)s1. The van der Waals surface area contributed by atoms with E-state index in [0.717, 1.165) is 43.5 Å². The number of aromatic nitrogens is 4. The molecule has 2 heterocycles. The quantitative estimate of drug-likeness (QED) is 0.469. The van der Waals surface area contributed by atoms with E-state index in [-0.39, 0.29) is 29.8 Å². The third kappa shape index (κ3) is 5.51.